The number of benzene rings is 1. The summed E-state index contributed by atoms with van der Waals surface area (Å²) in [5.41, 5.74) is 7.97. The number of hydrogen-bond acceptors (Lipinski definition) is 3. The van der Waals surface area contributed by atoms with Gasteiger partial charge >= 0.3 is 0 Å². The van der Waals surface area contributed by atoms with Gasteiger partial charge in [0.15, 0.2) is 5.82 Å². The molecule has 0 spiro atoms. The first-order valence-corrected chi connectivity index (χ1v) is 5.47. The van der Waals surface area contributed by atoms with Crippen LogP contribution in [0.3, 0.4) is 0 Å². The quantitative estimate of drug-likeness (QED) is 0.852. The van der Waals surface area contributed by atoms with E-state index >= 15 is 0 Å². The van der Waals surface area contributed by atoms with Gasteiger partial charge in [-0.2, -0.15) is 0 Å². The van der Waals surface area contributed by atoms with E-state index in [1.807, 2.05) is 12.1 Å². The van der Waals surface area contributed by atoms with Gasteiger partial charge in [0.05, 0.1) is 0 Å². The second-order valence-electron chi connectivity index (χ2n) is 3.75. The van der Waals surface area contributed by atoms with Crippen molar-refractivity contribution in [1.29, 1.82) is 0 Å². The summed E-state index contributed by atoms with van der Waals surface area (Å²) in [4.78, 5) is 8.38. The van der Waals surface area contributed by atoms with E-state index in [0.717, 1.165) is 18.4 Å². The summed E-state index contributed by atoms with van der Waals surface area (Å²) < 4.78 is 0. The molecule has 1 aromatic carbocycles. The van der Waals surface area contributed by atoms with Gasteiger partial charge in [0.1, 0.15) is 5.82 Å². The highest BCUT2D eigenvalue weighted by atomic mass is 14.9. The topological polar surface area (TPSA) is 51.8 Å². The van der Waals surface area contributed by atoms with Crippen LogP contribution in [0.15, 0.2) is 36.5 Å². The fraction of sp³-hybridized carbons (Fsp3) is 0.231. The van der Waals surface area contributed by atoms with Gasteiger partial charge in [0, 0.05) is 11.8 Å². The Labute approximate surface area is 95.4 Å². The fourth-order valence-electron chi connectivity index (χ4n) is 1.62. The Morgan fingerprint density at radius 2 is 1.88 bits per heavy atom. The van der Waals surface area contributed by atoms with E-state index in [1.54, 1.807) is 12.3 Å². The molecule has 0 saturated heterocycles. The summed E-state index contributed by atoms with van der Waals surface area (Å²) in [6, 6.07) is 10.0. The van der Waals surface area contributed by atoms with Gasteiger partial charge in [-0.05, 0) is 18.1 Å². The van der Waals surface area contributed by atoms with Crippen LogP contribution < -0.4 is 5.73 Å². The van der Waals surface area contributed by atoms with Crippen molar-refractivity contribution in [2.75, 3.05) is 5.73 Å². The molecule has 0 saturated carbocycles. The van der Waals surface area contributed by atoms with Crippen LogP contribution in [0.4, 0.5) is 5.82 Å². The van der Waals surface area contributed by atoms with E-state index in [4.69, 9.17) is 5.73 Å². The fourth-order valence-corrected chi connectivity index (χ4v) is 1.62. The van der Waals surface area contributed by atoms with Crippen molar-refractivity contribution in [2.24, 2.45) is 0 Å². The number of anilines is 1. The van der Waals surface area contributed by atoms with E-state index in [2.05, 4.69) is 29.0 Å². The molecule has 1 heterocycles. The number of rotatable bonds is 3. The molecule has 0 radical (unpaired) electrons. The van der Waals surface area contributed by atoms with Crippen molar-refractivity contribution in [1.82, 2.24) is 9.97 Å². The maximum Gasteiger partial charge on any atom is 0.161 e. The zero-order chi connectivity index (χ0) is 11.4. The van der Waals surface area contributed by atoms with Crippen LogP contribution in [0, 0.1) is 0 Å². The summed E-state index contributed by atoms with van der Waals surface area (Å²) >= 11 is 0. The number of nitrogen functional groups attached to an aromatic ring is 1. The molecule has 0 unspecified atom stereocenters. The predicted octanol–water partition coefficient (Wildman–Crippen LogP) is 2.68. The second kappa shape index (κ2) is 4.75. The molecule has 3 nitrogen and oxygen atoms in total. The van der Waals surface area contributed by atoms with E-state index in [9.17, 15) is 0 Å². The minimum Gasteiger partial charge on any atom is -0.384 e. The maximum absolute atomic E-state index is 5.62. The van der Waals surface area contributed by atoms with E-state index < -0.39 is 0 Å². The summed E-state index contributed by atoms with van der Waals surface area (Å²) in [5, 5.41) is 0. The summed E-state index contributed by atoms with van der Waals surface area (Å²) in [6.45, 7) is 2.18. The zero-order valence-corrected chi connectivity index (χ0v) is 9.35. The van der Waals surface area contributed by atoms with Crippen LogP contribution >= 0.6 is 0 Å². The average Bonchev–Trinajstić information content (AvgIpc) is 2.30. The molecule has 0 aliphatic heterocycles. The van der Waals surface area contributed by atoms with Gasteiger partial charge in [0.2, 0.25) is 0 Å². The van der Waals surface area contributed by atoms with Crippen molar-refractivity contribution in [3.05, 3.63) is 42.1 Å². The molecule has 2 N–H and O–H groups in total. The van der Waals surface area contributed by atoms with Crippen molar-refractivity contribution in [2.45, 2.75) is 19.8 Å². The first-order valence-electron chi connectivity index (χ1n) is 5.47. The molecule has 0 aliphatic carbocycles. The molecule has 2 rings (SSSR count). The summed E-state index contributed by atoms with van der Waals surface area (Å²) in [5.74, 6) is 1.19. The predicted molar refractivity (Wildman–Crippen MR) is 65.9 cm³/mol. The van der Waals surface area contributed by atoms with Crippen molar-refractivity contribution >= 4 is 5.82 Å². The Balaban J connectivity index is 2.27. The maximum atomic E-state index is 5.62. The molecular formula is C13H15N3. The normalized spacial score (nSPS) is 10.3. The van der Waals surface area contributed by atoms with E-state index in [-0.39, 0.29) is 0 Å². The lowest BCUT2D eigenvalue weighted by Crippen LogP contribution is -1.94. The van der Waals surface area contributed by atoms with Gasteiger partial charge in [-0.15, -0.1) is 0 Å². The van der Waals surface area contributed by atoms with Crippen LogP contribution in [-0.4, -0.2) is 9.97 Å². The number of aromatic nitrogens is 2. The summed E-state index contributed by atoms with van der Waals surface area (Å²) in [6.07, 6.45) is 3.95. The molecule has 0 fully saturated rings. The van der Waals surface area contributed by atoms with Gasteiger partial charge in [-0.3, -0.25) is 0 Å². The molecule has 3 heteroatoms. The molecule has 0 aliphatic rings. The Hall–Kier alpha value is -1.90. The minimum atomic E-state index is 0.502. The molecule has 0 bridgehead atoms. The second-order valence-corrected chi connectivity index (χ2v) is 3.75. The Morgan fingerprint density at radius 3 is 2.50 bits per heavy atom. The smallest absolute Gasteiger partial charge is 0.161 e. The third kappa shape index (κ3) is 2.37. The molecule has 16 heavy (non-hydrogen) atoms. The zero-order valence-electron chi connectivity index (χ0n) is 9.35. The van der Waals surface area contributed by atoms with E-state index in [0.29, 0.717) is 11.6 Å². The van der Waals surface area contributed by atoms with Gasteiger partial charge in [-0.1, -0.05) is 37.6 Å². The molecule has 2 aromatic rings. The molecular weight excluding hydrogens is 198 g/mol. The van der Waals surface area contributed by atoms with Crippen molar-refractivity contribution < 1.29 is 0 Å². The highest BCUT2D eigenvalue weighted by Gasteiger charge is 2.01. The molecule has 1 aromatic heterocycles. The first-order chi connectivity index (χ1) is 7.79. The monoisotopic (exact) mass is 213 g/mol. The molecule has 82 valence electrons. The third-order valence-electron chi connectivity index (χ3n) is 2.43. The van der Waals surface area contributed by atoms with Crippen LogP contribution in [-0.2, 0) is 6.42 Å². The van der Waals surface area contributed by atoms with Gasteiger partial charge in [-0.25, -0.2) is 9.97 Å². The Bertz CT molecular complexity index is 463. The van der Waals surface area contributed by atoms with E-state index in [1.165, 1.54) is 5.56 Å². The Kier molecular flexibility index (Phi) is 3.15. The lowest BCUT2D eigenvalue weighted by molar-refractivity contribution is 0.922. The molecule has 0 atom stereocenters. The van der Waals surface area contributed by atoms with Gasteiger partial charge in [0.25, 0.3) is 0 Å². The van der Waals surface area contributed by atoms with Gasteiger partial charge < -0.3 is 5.73 Å². The molecule has 0 amide bonds. The largest absolute Gasteiger partial charge is 0.384 e. The standard InChI is InChI=1S/C13H15N3/c1-2-3-10-4-6-11(7-5-10)13-15-9-8-12(14)16-13/h4-9H,2-3H2,1H3,(H2,14,15,16). The van der Waals surface area contributed by atoms with Crippen LogP contribution in [0.25, 0.3) is 11.4 Å². The van der Waals surface area contributed by atoms with Crippen LogP contribution in [0.2, 0.25) is 0 Å². The minimum absolute atomic E-state index is 0.502. The highest BCUT2D eigenvalue weighted by Crippen LogP contribution is 2.16. The number of hydrogen-bond donors (Lipinski definition) is 1. The van der Waals surface area contributed by atoms with Crippen molar-refractivity contribution in [3.8, 4) is 11.4 Å². The lowest BCUT2D eigenvalue weighted by Gasteiger charge is -2.02. The van der Waals surface area contributed by atoms with Crippen LogP contribution in [0.1, 0.15) is 18.9 Å². The van der Waals surface area contributed by atoms with Crippen molar-refractivity contribution in [3.63, 3.8) is 0 Å². The highest BCUT2D eigenvalue weighted by molar-refractivity contribution is 5.56. The third-order valence-corrected chi connectivity index (χ3v) is 2.43. The Morgan fingerprint density at radius 1 is 1.12 bits per heavy atom. The number of nitrogens with two attached hydrogens (primary N) is 1. The summed E-state index contributed by atoms with van der Waals surface area (Å²) in [7, 11) is 0. The SMILES string of the molecule is CCCc1ccc(-c2nccc(N)n2)cc1. The van der Waals surface area contributed by atoms with Crippen LogP contribution in [0.5, 0.6) is 0 Å². The average molecular weight is 213 g/mol. The number of aryl methyl sites for hydroxylation is 1. The first kappa shape index (κ1) is 10.6. The number of nitrogens with zero attached hydrogens (tertiary/aromatic N) is 2. The lowest BCUT2D eigenvalue weighted by atomic mass is 10.1.